The SMILES string of the molecule is CCN(Cc1sc(N(C)C)nc1C)CC(C)(C)O. The van der Waals surface area contributed by atoms with Crippen LogP contribution in [-0.4, -0.2) is 47.8 Å². The van der Waals surface area contributed by atoms with E-state index in [1.54, 1.807) is 11.3 Å². The van der Waals surface area contributed by atoms with Crippen molar-refractivity contribution in [1.29, 1.82) is 0 Å². The van der Waals surface area contributed by atoms with Gasteiger partial charge >= 0.3 is 0 Å². The van der Waals surface area contributed by atoms with E-state index in [9.17, 15) is 5.11 Å². The molecule has 1 N–H and O–H groups in total. The van der Waals surface area contributed by atoms with E-state index < -0.39 is 5.60 Å². The van der Waals surface area contributed by atoms with Crippen LogP contribution in [0.3, 0.4) is 0 Å². The van der Waals surface area contributed by atoms with Crippen molar-refractivity contribution in [3.63, 3.8) is 0 Å². The minimum atomic E-state index is -0.654. The minimum Gasteiger partial charge on any atom is -0.389 e. The molecule has 0 unspecified atom stereocenters. The monoisotopic (exact) mass is 271 g/mol. The lowest BCUT2D eigenvalue weighted by Gasteiger charge is -2.27. The number of hydrogen-bond acceptors (Lipinski definition) is 5. The summed E-state index contributed by atoms with van der Waals surface area (Å²) in [5, 5.41) is 10.9. The topological polar surface area (TPSA) is 39.6 Å². The average Bonchev–Trinajstić information content (AvgIpc) is 2.57. The van der Waals surface area contributed by atoms with Gasteiger partial charge in [0.25, 0.3) is 0 Å². The number of aliphatic hydroxyl groups is 1. The average molecular weight is 271 g/mol. The highest BCUT2D eigenvalue weighted by atomic mass is 32.1. The molecule has 0 aliphatic heterocycles. The molecule has 0 spiro atoms. The fourth-order valence-electron chi connectivity index (χ4n) is 1.78. The summed E-state index contributed by atoms with van der Waals surface area (Å²) in [6.07, 6.45) is 0. The van der Waals surface area contributed by atoms with Gasteiger partial charge in [0.1, 0.15) is 0 Å². The van der Waals surface area contributed by atoms with Gasteiger partial charge < -0.3 is 10.0 Å². The summed E-state index contributed by atoms with van der Waals surface area (Å²) in [5.41, 5.74) is 0.441. The van der Waals surface area contributed by atoms with Crippen LogP contribution in [0.5, 0.6) is 0 Å². The van der Waals surface area contributed by atoms with E-state index in [1.807, 2.05) is 32.8 Å². The maximum Gasteiger partial charge on any atom is 0.185 e. The van der Waals surface area contributed by atoms with Crippen LogP contribution in [-0.2, 0) is 6.54 Å². The lowest BCUT2D eigenvalue weighted by atomic mass is 10.1. The van der Waals surface area contributed by atoms with Gasteiger partial charge in [0.15, 0.2) is 5.13 Å². The Balaban J connectivity index is 2.76. The molecule has 0 saturated carbocycles. The lowest BCUT2D eigenvalue weighted by Crippen LogP contribution is -2.38. The zero-order valence-electron chi connectivity index (χ0n) is 12.3. The Morgan fingerprint density at radius 2 is 1.94 bits per heavy atom. The first kappa shape index (κ1) is 15.4. The molecule has 0 aromatic carbocycles. The van der Waals surface area contributed by atoms with Crippen LogP contribution in [0.25, 0.3) is 0 Å². The molecule has 104 valence electrons. The van der Waals surface area contributed by atoms with Gasteiger partial charge in [-0.2, -0.15) is 0 Å². The molecule has 1 rings (SSSR count). The fourth-order valence-corrected chi connectivity index (χ4v) is 2.81. The quantitative estimate of drug-likeness (QED) is 0.860. The zero-order valence-corrected chi connectivity index (χ0v) is 13.1. The number of likely N-dealkylation sites (N-methyl/N-ethyl adjacent to an activating group) is 1. The van der Waals surface area contributed by atoms with Crippen LogP contribution in [0.2, 0.25) is 0 Å². The molecule has 1 heterocycles. The number of rotatable bonds is 6. The predicted molar refractivity (Wildman–Crippen MR) is 78.4 cm³/mol. The molecule has 0 bridgehead atoms. The molecular formula is C13H25N3OS. The summed E-state index contributed by atoms with van der Waals surface area (Å²) < 4.78 is 0. The Bertz CT molecular complexity index is 382. The normalized spacial score (nSPS) is 12.2. The molecule has 1 aromatic rings. The Labute approximate surface area is 114 Å². The Morgan fingerprint density at radius 3 is 2.33 bits per heavy atom. The molecule has 0 radical (unpaired) electrons. The first-order valence-electron chi connectivity index (χ1n) is 6.31. The third kappa shape index (κ3) is 4.55. The third-order valence-electron chi connectivity index (χ3n) is 2.69. The molecule has 1 aromatic heterocycles. The highest BCUT2D eigenvalue weighted by molar-refractivity contribution is 7.15. The number of aromatic nitrogens is 1. The number of hydrogen-bond donors (Lipinski definition) is 1. The van der Waals surface area contributed by atoms with Crippen molar-refractivity contribution in [2.24, 2.45) is 0 Å². The summed E-state index contributed by atoms with van der Waals surface area (Å²) in [6, 6.07) is 0. The van der Waals surface area contributed by atoms with Gasteiger partial charge in [-0.3, -0.25) is 4.90 Å². The highest BCUT2D eigenvalue weighted by Gasteiger charge is 2.19. The summed E-state index contributed by atoms with van der Waals surface area (Å²) in [7, 11) is 4.02. The standard InChI is InChI=1S/C13H25N3OS/c1-7-16(9-13(3,4)17)8-11-10(2)14-12(18-11)15(5)6/h17H,7-9H2,1-6H3. The number of anilines is 1. The maximum absolute atomic E-state index is 9.90. The summed E-state index contributed by atoms with van der Waals surface area (Å²) >= 11 is 1.73. The van der Waals surface area contributed by atoms with Crippen molar-refractivity contribution in [3.8, 4) is 0 Å². The van der Waals surface area contributed by atoms with Gasteiger partial charge in [-0.05, 0) is 27.3 Å². The summed E-state index contributed by atoms with van der Waals surface area (Å²) in [6.45, 7) is 10.3. The van der Waals surface area contributed by atoms with Crippen LogP contribution in [0.15, 0.2) is 0 Å². The van der Waals surface area contributed by atoms with Crippen LogP contribution in [0, 0.1) is 6.92 Å². The van der Waals surface area contributed by atoms with Crippen LogP contribution in [0.4, 0.5) is 5.13 Å². The first-order chi connectivity index (χ1) is 8.23. The molecule has 0 atom stereocenters. The lowest BCUT2D eigenvalue weighted by molar-refractivity contribution is 0.0356. The van der Waals surface area contributed by atoms with Crippen molar-refractivity contribution in [1.82, 2.24) is 9.88 Å². The minimum absolute atomic E-state index is 0.654. The molecule has 0 aliphatic carbocycles. The van der Waals surface area contributed by atoms with E-state index >= 15 is 0 Å². The van der Waals surface area contributed by atoms with Gasteiger partial charge in [0, 0.05) is 32.1 Å². The molecule has 0 amide bonds. The molecule has 0 fully saturated rings. The molecule has 0 aliphatic rings. The molecule has 5 heteroatoms. The van der Waals surface area contributed by atoms with Gasteiger partial charge in [-0.25, -0.2) is 4.98 Å². The number of aryl methyl sites for hydroxylation is 1. The van der Waals surface area contributed by atoms with Crippen molar-refractivity contribution < 1.29 is 5.11 Å². The van der Waals surface area contributed by atoms with Gasteiger partial charge in [0.2, 0.25) is 0 Å². The van der Waals surface area contributed by atoms with Crippen molar-refractivity contribution in [2.45, 2.75) is 39.8 Å². The third-order valence-corrected chi connectivity index (χ3v) is 4.00. The van der Waals surface area contributed by atoms with E-state index in [1.165, 1.54) is 4.88 Å². The predicted octanol–water partition coefficient (Wildman–Crippen LogP) is 2.11. The fraction of sp³-hybridized carbons (Fsp3) is 0.769. The van der Waals surface area contributed by atoms with E-state index in [4.69, 9.17) is 0 Å². The van der Waals surface area contributed by atoms with E-state index in [0.29, 0.717) is 6.54 Å². The first-order valence-corrected chi connectivity index (χ1v) is 7.13. The maximum atomic E-state index is 9.90. The largest absolute Gasteiger partial charge is 0.389 e. The number of nitrogens with zero attached hydrogens (tertiary/aromatic N) is 3. The van der Waals surface area contributed by atoms with Gasteiger partial charge in [-0.15, -0.1) is 11.3 Å². The molecule has 0 saturated heterocycles. The van der Waals surface area contributed by atoms with E-state index in [-0.39, 0.29) is 0 Å². The zero-order chi connectivity index (χ0) is 13.9. The van der Waals surface area contributed by atoms with Crippen LogP contribution in [0.1, 0.15) is 31.3 Å². The Morgan fingerprint density at radius 1 is 1.33 bits per heavy atom. The smallest absolute Gasteiger partial charge is 0.185 e. The summed E-state index contributed by atoms with van der Waals surface area (Å²) in [5.74, 6) is 0. The second-order valence-electron chi connectivity index (χ2n) is 5.52. The summed E-state index contributed by atoms with van der Waals surface area (Å²) in [4.78, 5) is 10.1. The van der Waals surface area contributed by atoms with Crippen molar-refractivity contribution >= 4 is 16.5 Å². The van der Waals surface area contributed by atoms with E-state index in [2.05, 4.69) is 23.7 Å². The second kappa shape index (κ2) is 5.99. The second-order valence-corrected chi connectivity index (χ2v) is 6.58. The van der Waals surface area contributed by atoms with Gasteiger partial charge in [-0.1, -0.05) is 6.92 Å². The van der Waals surface area contributed by atoms with E-state index in [0.717, 1.165) is 23.9 Å². The number of thiazole rings is 1. The van der Waals surface area contributed by atoms with Crippen molar-refractivity contribution in [3.05, 3.63) is 10.6 Å². The van der Waals surface area contributed by atoms with Crippen LogP contribution >= 0.6 is 11.3 Å². The van der Waals surface area contributed by atoms with Gasteiger partial charge in [0.05, 0.1) is 11.3 Å². The highest BCUT2D eigenvalue weighted by Crippen LogP contribution is 2.26. The van der Waals surface area contributed by atoms with Crippen molar-refractivity contribution in [2.75, 3.05) is 32.1 Å². The molecule has 18 heavy (non-hydrogen) atoms. The molecular weight excluding hydrogens is 246 g/mol. The Kier molecular flexibility index (Phi) is 5.13. The van der Waals surface area contributed by atoms with Crippen LogP contribution < -0.4 is 4.90 Å². The Hall–Kier alpha value is -0.650. The molecule has 4 nitrogen and oxygen atoms in total.